The minimum Gasteiger partial charge on any atom is -0.478 e. The van der Waals surface area contributed by atoms with E-state index in [1.807, 2.05) is 24.3 Å². The zero-order valence-corrected chi connectivity index (χ0v) is 28.4. The molecule has 2 aliphatic carbocycles. The molecule has 2 aliphatic rings. The summed E-state index contributed by atoms with van der Waals surface area (Å²) in [5.41, 5.74) is 3.89. The standard InChI is InChI=1S/C19H16ClN3O3.C19H16FN3O3/c2*20-16-9-12(1-4-15(16)13-2-3-13)11-26-18-6-8-22-23(18)17-10-14(19(24)25)5-7-21-17/h2*1,4-10,13H,2-3,11H2,(H,24,25). The van der Waals surface area contributed by atoms with Gasteiger partial charge in [0.15, 0.2) is 11.6 Å². The fraction of sp³-hybridized carbons (Fsp3) is 0.211. The van der Waals surface area contributed by atoms with Crippen LogP contribution in [0.15, 0.2) is 97.6 Å². The SMILES string of the molecule is O=C(O)c1ccnc(-n2nccc2OCc2ccc(C3CC3)c(Cl)c2)c1.O=C(O)c1ccnc(-n2nccc2OCc2ccc(C3CC3)c(F)c2)c1. The van der Waals surface area contributed by atoms with Crippen LogP contribution in [0.2, 0.25) is 5.02 Å². The van der Waals surface area contributed by atoms with E-state index in [1.54, 1.807) is 18.3 Å². The topological polar surface area (TPSA) is 154 Å². The van der Waals surface area contributed by atoms with Crippen LogP contribution in [0.3, 0.4) is 0 Å². The van der Waals surface area contributed by atoms with Crippen molar-refractivity contribution in [2.75, 3.05) is 0 Å². The summed E-state index contributed by atoms with van der Waals surface area (Å²) in [6.45, 7) is 0.501. The van der Waals surface area contributed by atoms with Crippen LogP contribution in [0.25, 0.3) is 11.6 Å². The maximum absolute atomic E-state index is 14.1. The Morgan fingerprint density at radius 2 is 1.15 bits per heavy atom. The minimum atomic E-state index is -1.05. The maximum atomic E-state index is 14.1. The number of hydrogen-bond acceptors (Lipinski definition) is 8. The molecule has 8 rings (SSSR count). The molecule has 2 N–H and O–H groups in total. The molecular weight excluding hydrogens is 691 g/mol. The molecule has 52 heavy (non-hydrogen) atoms. The van der Waals surface area contributed by atoms with Gasteiger partial charge >= 0.3 is 11.9 Å². The summed E-state index contributed by atoms with van der Waals surface area (Å²) in [6.07, 6.45) is 10.4. The van der Waals surface area contributed by atoms with Gasteiger partial charge in [0.25, 0.3) is 0 Å². The second kappa shape index (κ2) is 15.0. The number of halogens is 2. The number of aromatic nitrogens is 6. The normalized spacial score (nSPS) is 13.6. The molecule has 6 aromatic rings. The van der Waals surface area contributed by atoms with Gasteiger partial charge in [0.1, 0.15) is 19.0 Å². The summed E-state index contributed by atoms with van der Waals surface area (Å²) in [5.74, 6) is 0.285. The van der Waals surface area contributed by atoms with Crippen LogP contribution < -0.4 is 9.47 Å². The number of ether oxygens (including phenoxy) is 2. The summed E-state index contributed by atoms with van der Waals surface area (Å²) in [4.78, 5) is 30.5. The molecule has 0 spiro atoms. The Morgan fingerprint density at radius 1 is 0.673 bits per heavy atom. The smallest absolute Gasteiger partial charge is 0.335 e. The quantitative estimate of drug-likeness (QED) is 0.129. The fourth-order valence-corrected chi connectivity index (χ4v) is 5.92. The number of carboxylic acid groups (broad SMARTS) is 2. The van der Waals surface area contributed by atoms with Crippen molar-refractivity contribution in [2.24, 2.45) is 0 Å². The lowest BCUT2D eigenvalue weighted by Gasteiger charge is -2.10. The number of benzene rings is 2. The Kier molecular flexibility index (Phi) is 9.94. The summed E-state index contributed by atoms with van der Waals surface area (Å²) in [7, 11) is 0. The molecule has 0 amide bonds. The predicted octanol–water partition coefficient (Wildman–Crippen LogP) is 7.64. The third-order valence-electron chi connectivity index (χ3n) is 8.57. The summed E-state index contributed by atoms with van der Waals surface area (Å²) in [6, 6.07) is 20.2. The van der Waals surface area contributed by atoms with Gasteiger partial charge in [0, 0.05) is 29.5 Å². The van der Waals surface area contributed by atoms with Crippen LogP contribution >= 0.6 is 11.6 Å². The Balaban J connectivity index is 0.000000162. The molecule has 12 nitrogen and oxygen atoms in total. The van der Waals surface area contributed by atoms with Crippen LogP contribution in [0.4, 0.5) is 4.39 Å². The lowest BCUT2D eigenvalue weighted by atomic mass is 10.1. The molecule has 0 aliphatic heterocycles. The molecule has 0 unspecified atom stereocenters. The zero-order valence-electron chi connectivity index (χ0n) is 27.6. The second-order valence-corrected chi connectivity index (χ2v) is 12.8. The summed E-state index contributed by atoms with van der Waals surface area (Å²) < 4.78 is 28.6. The lowest BCUT2D eigenvalue weighted by Crippen LogP contribution is -2.07. The minimum absolute atomic E-state index is 0.106. The van der Waals surface area contributed by atoms with E-state index in [2.05, 4.69) is 26.2 Å². The molecular formula is C38H32ClFN6O6. The number of carboxylic acids is 2. The molecule has 0 bridgehead atoms. The van der Waals surface area contributed by atoms with Crippen LogP contribution in [0.5, 0.6) is 11.8 Å². The first-order chi connectivity index (χ1) is 25.2. The monoisotopic (exact) mass is 722 g/mol. The van der Waals surface area contributed by atoms with E-state index in [4.69, 9.17) is 31.3 Å². The van der Waals surface area contributed by atoms with Gasteiger partial charge in [-0.15, -0.1) is 0 Å². The average molecular weight is 723 g/mol. The number of aromatic carboxylic acids is 2. The van der Waals surface area contributed by atoms with E-state index in [0.717, 1.165) is 29.0 Å². The predicted molar refractivity (Wildman–Crippen MR) is 187 cm³/mol. The third-order valence-corrected chi connectivity index (χ3v) is 8.90. The van der Waals surface area contributed by atoms with E-state index < -0.39 is 11.9 Å². The highest BCUT2D eigenvalue weighted by Crippen LogP contribution is 2.43. The molecule has 4 aromatic heterocycles. The highest BCUT2D eigenvalue weighted by atomic mass is 35.5. The van der Waals surface area contributed by atoms with Gasteiger partial charge in [0.05, 0.1) is 23.5 Å². The molecule has 14 heteroatoms. The van der Waals surface area contributed by atoms with Gasteiger partial charge in [-0.25, -0.2) is 23.9 Å². The number of pyridine rings is 2. The van der Waals surface area contributed by atoms with Crippen molar-refractivity contribution in [1.82, 2.24) is 29.5 Å². The molecule has 264 valence electrons. The van der Waals surface area contributed by atoms with Crippen molar-refractivity contribution < 1.29 is 33.7 Å². The van der Waals surface area contributed by atoms with E-state index in [9.17, 15) is 14.0 Å². The number of hydrogen-bond donors (Lipinski definition) is 2. The van der Waals surface area contributed by atoms with Gasteiger partial charge < -0.3 is 19.7 Å². The van der Waals surface area contributed by atoms with Crippen molar-refractivity contribution in [3.63, 3.8) is 0 Å². The van der Waals surface area contributed by atoms with E-state index in [1.165, 1.54) is 76.7 Å². The first kappa shape index (κ1) is 34.4. The Hall–Kier alpha value is -6.08. The third kappa shape index (κ3) is 8.10. The largest absolute Gasteiger partial charge is 0.478 e. The fourth-order valence-electron chi connectivity index (χ4n) is 5.57. The van der Waals surface area contributed by atoms with Crippen LogP contribution in [0, 0.1) is 5.82 Å². The molecule has 4 heterocycles. The first-order valence-electron chi connectivity index (χ1n) is 16.5. The molecule has 2 fully saturated rings. The number of rotatable bonds is 12. The first-order valence-corrected chi connectivity index (χ1v) is 16.9. The van der Waals surface area contributed by atoms with Gasteiger partial charge in [-0.2, -0.15) is 19.6 Å². The van der Waals surface area contributed by atoms with Crippen LogP contribution in [-0.4, -0.2) is 51.7 Å². The Morgan fingerprint density at radius 3 is 1.62 bits per heavy atom. The Bertz CT molecular complexity index is 2090. The summed E-state index contributed by atoms with van der Waals surface area (Å²) >= 11 is 6.36. The number of nitrogens with zero attached hydrogens (tertiary/aromatic N) is 6. The molecule has 0 atom stereocenters. The lowest BCUT2D eigenvalue weighted by molar-refractivity contribution is 0.0686. The van der Waals surface area contributed by atoms with Gasteiger partial charge in [-0.05, 0) is 96.2 Å². The second-order valence-electron chi connectivity index (χ2n) is 12.4. The maximum Gasteiger partial charge on any atom is 0.335 e. The molecule has 0 radical (unpaired) electrons. The van der Waals surface area contributed by atoms with Crippen molar-refractivity contribution in [3.8, 4) is 23.4 Å². The van der Waals surface area contributed by atoms with Crippen LogP contribution in [0.1, 0.15) is 80.5 Å². The van der Waals surface area contributed by atoms with Crippen molar-refractivity contribution in [3.05, 3.63) is 142 Å². The van der Waals surface area contributed by atoms with Crippen molar-refractivity contribution >= 4 is 23.5 Å². The van der Waals surface area contributed by atoms with Crippen molar-refractivity contribution in [2.45, 2.75) is 50.7 Å². The summed E-state index contributed by atoms with van der Waals surface area (Å²) in [5, 5.41) is 27.3. The zero-order chi connectivity index (χ0) is 36.2. The van der Waals surface area contributed by atoms with Gasteiger partial charge in [-0.3, -0.25) is 0 Å². The van der Waals surface area contributed by atoms with Gasteiger partial charge in [-0.1, -0.05) is 35.9 Å². The number of carbonyl (C=O) groups is 2. The highest BCUT2D eigenvalue weighted by molar-refractivity contribution is 6.31. The van der Waals surface area contributed by atoms with E-state index in [-0.39, 0.29) is 23.6 Å². The highest BCUT2D eigenvalue weighted by Gasteiger charge is 2.27. The molecule has 0 saturated heterocycles. The van der Waals surface area contributed by atoms with Gasteiger partial charge in [0.2, 0.25) is 11.8 Å². The molecule has 2 aromatic carbocycles. The molecule has 2 saturated carbocycles. The van der Waals surface area contributed by atoms with E-state index >= 15 is 0 Å². The Labute approximate surface area is 302 Å². The average Bonchev–Trinajstić information content (AvgIpc) is 4.08. The van der Waals surface area contributed by atoms with Crippen molar-refractivity contribution in [1.29, 1.82) is 0 Å². The van der Waals surface area contributed by atoms with E-state index in [0.29, 0.717) is 47.4 Å². The van der Waals surface area contributed by atoms with Crippen LogP contribution in [-0.2, 0) is 13.2 Å².